The van der Waals surface area contributed by atoms with Crippen LogP contribution < -0.4 is 10.6 Å². The SMILES string of the molecule is O=C(Nc1ccccc1O)c1cnc2[nH]ccc2c1NC1[C@@H]2CC3C[C@H]1CC(O)(C3)C2. The van der Waals surface area contributed by atoms with Crippen LogP contribution in [0.2, 0.25) is 0 Å². The third kappa shape index (κ3) is 3.07. The van der Waals surface area contributed by atoms with Crippen LogP contribution in [-0.2, 0) is 0 Å². The summed E-state index contributed by atoms with van der Waals surface area (Å²) in [6.07, 6.45) is 8.29. The number of hydrogen-bond acceptors (Lipinski definition) is 5. The zero-order valence-corrected chi connectivity index (χ0v) is 17.1. The van der Waals surface area contributed by atoms with E-state index in [1.165, 1.54) is 0 Å². The maximum absolute atomic E-state index is 13.2. The molecule has 2 heterocycles. The van der Waals surface area contributed by atoms with Gasteiger partial charge in [-0.25, -0.2) is 4.98 Å². The number of amides is 1. The smallest absolute Gasteiger partial charge is 0.259 e. The molecule has 0 radical (unpaired) electrons. The molecule has 160 valence electrons. The second kappa shape index (κ2) is 6.72. The lowest BCUT2D eigenvalue weighted by Crippen LogP contribution is -2.59. The largest absolute Gasteiger partial charge is 0.506 e. The highest BCUT2D eigenvalue weighted by Crippen LogP contribution is 2.56. The van der Waals surface area contributed by atoms with Crippen LogP contribution in [0, 0.1) is 17.8 Å². The van der Waals surface area contributed by atoms with Gasteiger partial charge in [-0.1, -0.05) is 12.1 Å². The molecule has 1 amide bonds. The number of aromatic nitrogens is 2. The van der Waals surface area contributed by atoms with Crippen molar-refractivity contribution in [3.63, 3.8) is 0 Å². The lowest BCUT2D eigenvalue weighted by Gasteiger charge is -2.58. The van der Waals surface area contributed by atoms with Gasteiger partial charge in [0, 0.05) is 23.8 Å². The predicted molar refractivity (Wildman–Crippen MR) is 118 cm³/mol. The molecule has 4 saturated carbocycles. The molecular formula is C24H26N4O3. The topological polar surface area (TPSA) is 110 Å². The number of carbonyl (C=O) groups excluding carboxylic acids is 1. The Morgan fingerprint density at radius 1 is 1.13 bits per heavy atom. The van der Waals surface area contributed by atoms with Crippen LogP contribution in [0.15, 0.2) is 42.7 Å². The predicted octanol–water partition coefficient (Wildman–Crippen LogP) is 3.87. The van der Waals surface area contributed by atoms with Crippen LogP contribution in [0.4, 0.5) is 11.4 Å². The molecular weight excluding hydrogens is 392 g/mol. The minimum absolute atomic E-state index is 0.0234. The molecule has 5 atom stereocenters. The summed E-state index contributed by atoms with van der Waals surface area (Å²) in [5, 5.41) is 28.4. The van der Waals surface area contributed by atoms with Gasteiger partial charge in [-0.3, -0.25) is 4.79 Å². The summed E-state index contributed by atoms with van der Waals surface area (Å²) in [7, 11) is 0. The summed E-state index contributed by atoms with van der Waals surface area (Å²) >= 11 is 0. The van der Waals surface area contributed by atoms with Gasteiger partial charge in [0.25, 0.3) is 5.91 Å². The van der Waals surface area contributed by atoms with Crippen LogP contribution >= 0.6 is 0 Å². The first-order chi connectivity index (χ1) is 15.0. The van der Waals surface area contributed by atoms with Crippen molar-refractivity contribution in [2.24, 2.45) is 17.8 Å². The molecule has 7 heteroatoms. The van der Waals surface area contributed by atoms with Crippen molar-refractivity contribution in [1.82, 2.24) is 9.97 Å². The molecule has 0 spiro atoms. The van der Waals surface area contributed by atoms with Gasteiger partial charge < -0.3 is 25.8 Å². The number of benzene rings is 1. The number of anilines is 2. The number of pyridine rings is 1. The van der Waals surface area contributed by atoms with Gasteiger partial charge in [0.1, 0.15) is 11.4 Å². The number of nitrogens with zero attached hydrogens (tertiary/aromatic N) is 1. The minimum Gasteiger partial charge on any atom is -0.506 e. The number of hydrogen-bond donors (Lipinski definition) is 5. The quantitative estimate of drug-likeness (QED) is 0.413. The van der Waals surface area contributed by atoms with Gasteiger partial charge in [-0.15, -0.1) is 0 Å². The normalized spacial score (nSPS) is 31.1. The molecule has 0 saturated heterocycles. The molecule has 2 aromatic heterocycles. The molecule has 0 aliphatic heterocycles. The van der Waals surface area contributed by atoms with Gasteiger partial charge in [-0.2, -0.15) is 0 Å². The Labute approximate surface area is 179 Å². The van der Waals surface area contributed by atoms with E-state index < -0.39 is 5.60 Å². The van der Waals surface area contributed by atoms with E-state index in [1.807, 2.05) is 12.3 Å². The van der Waals surface area contributed by atoms with Crippen molar-refractivity contribution in [1.29, 1.82) is 0 Å². The zero-order chi connectivity index (χ0) is 21.2. The molecule has 4 aliphatic carbocycles. The Hall–Kier alpha value is -3.06. The summed E-state index contributed by atoms with van der Waals surface area (Å²) < 4.78 is 0. The number of nitrogens with one attached hydrogen (secondary N) is 3. The number of rotatable bonds is 4. The average molecular weight is 418 g/mol. The van der Waals surface area contributed by atoms with Crippen molar-refractivity contribution in [3.05, 3.63) is 48.3 Å². The van der Waals surface area contributed by atoms with Crippen LogP contribution in [0.1, 0.15) is 42.5 Å². The lowest BCUT2D eigenvalue weighted by atomic mass is 9.52. The fourth-order valence-corrected chi connectivity index (χ4v) is 6.49. The number of aliphatic hydroxyl groups is 1. The maximum Gasteiger partial charge on any atom is 0.259 e. The van der Waals surface area contributed by atoms with Crippen molar-refractivity contribution in [2.45, 2.75) is 43.7 Å². The molecule has 7 nitrogen and oxygen atoms in total. The van der Waals surface area contributed by atoms with E-state index in [-0.39, 0.29) is 17.7 Å². The van der Waals surface area contributed by atoms with E-state index in [1.54, 1.807) is 30.5 Å². The Balaban J connectivity index is 1.35. The van der Waals surface area contributed by atoms with Crippen molar-refractivity contribution in [2.75, 3.05) is 10.6 Å². The van der Waals surface area contributed by atoms with E-state index >= 15 is 0 Å². The summed E-state index contributed by atoms with van der Waals surface area (Å²) in [5.74, 6) is 1.14. The highest BCUT2D eigenvalue weighted by atomic mass is 16.3. The molecule has 4 bridgehead atoms. The highest BCUT2D eigenvalue weighted by Gasteiger charge is 2.54. The number of H-pyrrole nitrogens is 1. The Morgan fingerprint density at radius 3 is 2.65 bits per heavy atom. The van der Waals surface area contributed by atoms with Gasteiger partial charge in [0.15, 0.2) is 0 Å². The van der Waals surface area contributed by atoms with Crippen LogP contribution in [0.5, 0.6) is 5.75 Å². The number of aromatic hydroxyl groups is 1. The molecule has 1 aromatic carbocycles. The average Bonchev–Trinajstić information content (AvgIpc) is 3.20. The molecule has 3 unspecified atom stereocenters. The molecule has 7 rings (SSSR count). The number of phenols is 1. The summed E-state index contributed by atoms with van der Waals surface area (Å²) in [6, 6.07) is 8.86. The minimum atomic E-state index is -0.499. The van der Waals surface area contributed by atoms with Gasteiger partial charge in [0.05, 0.1) is 22.5 Å². The Morgan fingerprint density at radius 2 is 1.90 bits per heavy atom. The number of phenolic OH excluding ortho intramolecular Hbond substituents is 1. The van der Waals surface area contributed by atoms with E-state index in [4.69, 9.17) is 0 Å². The second-order valence-electron chi connectivity index (χ2n) is 9.62. The number of aromatic amines is 1. The maximum atomic E-state index is 13.2. The standard InChI is InChI=1S/C24H26N4O3/c29-19-4-2-1-3-18(19)27-23(30)17-12-26-22-16(5-6-25-22)21(17)28-20-14-7-13-8-15(20)11-24(31,9-13)10-14/h1-6,12-15,20,29,31H,7-11H2,(H,27,30)(H2,25,26,28)/t13?,14-,15+,20?,24?. The van der Waals surface area contributed by atoms with Crippen LogP contribution in [0.25, 0.3) is 11.0 Å². The first-order valence-corrected chi connectivity index (χ1v) is 11.0. The van der Waals surface area contributed by atoms with Crippen LogP contribution in [0.3, 0.4) is 0 Å². The van der Waals surface area contributed by atoms with Crippen molar-refractivity contribution in [3.8, 4) is 5.75 Å². The molecule has 5 N–H and O–H groups in total. The Kier molecular flexibility index (Phi) is 4.05. The van der Waals surface area contributed by atoms with E-state index in [0.717, 1.165) is 48.8 Å². The van der Waals surface area contributed by atoms with Crippen molar-refractivity contribution < 1.29 is 15.0 Å². The first kappa shape index (κ1) is 18.7. The summed E-state index contributed by atoms with van der Waals surface area (Å²) in [6.45, 7) is 0. The van der Waals surface area contributed by atoms with Gasteiger partial charge in [-0.05, 0) is 68.1 Å². The van der Waals surface area contributed by atoms with E-state index in [0.29, 0.717) is 29.0 Å². The third-order valence-electron chi connectivity index (χ3n) is 7.54. The lowest BCUT2D eigenvalue weighted by molar-refractivity contribution is -0.129. The third-order valence-corrected chi connectivity index (χ3v) is 7.54. The summed E-state index contributed by atoms with van der Waals surface area (Å²) in [4.78, 5) is 20.8. The molecule has 31 heavy (non-hydrogen) atoms. The van der Waals surface area contributed by atoms with Gasteiger partial charge >= 0.3 is 0 Å². The number of carbonyl (C=O) groups is 1. The number of fused-ring (bicyclic) bond motifs is 1. The number of para-hydroxylation sites is 2. The van der Waals surface area contributed by atoms with Crippen LogP contribution in [-0.4, -0.2) is 37.7 Å². The fraction of sp³-hybridized carbons (Fsp3) is 0.417. The van der Waals surface area contributed by atoms with E-state index in [2.05, 4.69) is 20.6 Å². The monoisotopic (exact) mass is 418 g/mol. The second-order valence-corrected chi connectivity index (χ2v) is 9.62. The van der Waals surface area contributed by atoms with E-state index in [9.17, 15) is 15.0 Å². The zero-order valence-electron chi connectivity index (χ0n) is 17.1. The molecule has 4 aliphatic rings. The molecule has 4 fully saturated rings. The highest BCUT2D eigenvalue weighted by molar-refractivity contribution is 6.12. The Bertz CT molecular complexity index is 1160. The molecule has 3 aromatic rings. The first-order valence-electron chi connectivity index (χ1n) is 11.0. The van der Waals surface area contributed by atoms with Crippen molar-refractivity contribution >= 4 is 28.3 Å². The fourth-order valence-electron chi connectivity index (χ4n) is 6.49. The van der Waals surface area contributed by atoms with Gasteiger partial charge in [0.2, 0.25) is 0 Å². The summed E-state index contributed by atoms with van der Waals surface area (Å²) in [5.41, 5.74) is 1.81.